The largest absolute Gasteiger partial charge is 0.433 e. The molecule has 0 aliphatic heterocycles. The van der Waals surface area contributed by atoms with Gasteiger partial charge >= 0.3 is 6.18 Å². The first-order chi connectivity index (χ1) is 9.00. The van der Waals surface area contributed by atoms with Gasteiger partial charge in [0, 0.05) is 36.1 Å². The van der Waals surface area contributed by atoms with Crippen LogP contribution in [0.15, 0.2) is 30.7 Å². The van der Waals surface area contributed by atoms with E-state index in [4.69, 9.17) is 0 Å². The molecule has 100 valence electrons. The number of pyridine rings is 1. The molecule has 2 rings (SSSR count). The number of hydrogen-bond acceptors (Lipinski definition) is 3. The number of alkyl halides is 3. The van der Waals surface area contributed by atoms with Crippen LogP contribution in [0.4, 0.5) is 13.2 Å². The second-order valence-corrected chi connectivity index (χ2v) is 4.07. The number of aryl methyl sites for hydroxylation is 1. The Morgan fingerprint density at radius 1 is 0.947 bits per heavy atom. The number of nitrogens with zero attached hydrogens (tertiary/aromatic N) is 3. The van der Waals surface area contributed by atoms with Crippen molar-refractivity contribution in [3.05, 3.63) is 42.2 Å². The fraction of sp³-hybridized carbons (Fsp3) is 0.308. The highest BCUT2D eigenvalue weighted by molar-refractivity contribution is 5.60. The third-order valence-electron chi connectivity index (χ3n) is 2.57. The smallest absolute Gasteiger partial charge is 0.251 e. The molecule has 0 amide bonds. The minimum atomic E-state index is -4.42. The van der Waals surface area contributed by atoms with Crippen LogP contribution in [0.25, 0.3) is 11.1 Å². The van der Waals surface area contributed by atoms with Crippen molar-refractivity contribution in [2.75, 3.05) is 0 Å². The lowest BCUT2D eigenvalue weighted by atomic mass is 10.1. The predicted octanol–water partition coefficient (Wildman–Crippen LogP) is 3.51. The minimum absolute atomic E-state index is 0.566. The van der Waals surface area contributed by atoms with E-state index in [0.29, 0.717) is 11.1 Å². The molecule has 0 bridgehead atoms. The molecule has 0 unspecified atom stereocenters. The lowest BCUT2D eigenvalue weighted by molar-refractivity contribution is -0.141. The summed E-state index contributed by atoms with van der Waals surface area (Å²) in [5.41, 5.74) is 0.317. The Bertz CT molecular complexity index is 533. The molecular weight excluding hydrogens is 255 g/mol. The fourth-order valence-corrected chi connectivity index (χ4v) is 1.59. The maximum atomic E-state index is 12.4. The van der Waals surface area contributed by atoms with Gasteiger partial charge in [-0.3, -0.25) is 4.98 Å². The van der Waals surface area contributed by atoms with E-state index in [9.17, 15) is 13.2 Å². The molecule has 0 saturated heterocycles. The second-order valence-electron chi connectivity index (χ2n) is 4.07. The second kappa shape index (κ2) is 5.34. The van der Waals surface area contributed by atoms with Gasteiger partial charge in [0.05, 0.1) is 0 Å². The number of aromatic nitrogens is 3. The van der Waals surface area contributed by atoms with Gasteiger partial charge in [-0.1, -0.05) is 13.0 Å². The van der Waals surface area contributed by atoms with Gasteiger partial charge in [0.25, 0.3) is 0 Å². The van der Waals surface area contributed by atoms with Crippen LogP contribution in [0.2, 0.25) is 0 Å². The van der Waals surface area contributed by atoms with Gasteiger partial charge < -0.3 is 0 Å². The zero-order chi connectivity index (χ0) is 13.9. The SMILES string of the molecule is CCCc1ncc(-c2ccc(C(F)(F)F)nc2)cn1. The van der Waals surface area contributed by atoms with Gasteiger partial charge in [-0.2, -0.15) is 13.2 Å². The number of halogens is 3. The van der Waals surface area contributed by atoms with Crippen molar-refractivity contribution >= 4 is 0 Å². The summed E-state index contributed by atoms with van der Waals surface area (Å²) in [6.07, 6.45) is 1.69. The standard InChI is InChI=1S/C13H12F3N3/c1-2-3-12-18-7-10(8-19-12)9-4-5-11(17-6-9)13(14,15)16/h4-8H,2-3H2,1H3. The molecule has 2 aromatic rings. The minimum Gasteiger partial charge on any atom is -0.251 e. The fourth-order valence-electron chi connectivity index (χ4n) is 1.59. The van der Waals surface area contributed by atoms with E-state index in [-0.39, 0.29) is 0 Å². The van der Waals surface area contributed by atoms with E-state index in [2.05, 4.69) is 15.0 Å². The first-order valence-electron chi connectivity index (χ1n) is 5.85. The molecule has 0 spiro atoms. The van der Waals surface area contributed by atoms with Crippen LogP contribution in [0.1, 0.15) is 24.9 Å². The zero-order valence-electron chi connectivity index (χ0n) is 10.3. The normalized spacial score (nSPS) is 11.6. The molecule has 0 aliphatic carbocycles. The van der Waals surface area contributed by atoms with Crippen LogP contribution in [0.5, 0.6) is 0 Å². The van der Waals surface area contributed by atoms with Gasteiger partial charge in [-0.25, -0.2) is 9.97 Å². The van der Waals surface area contributed by atoms with Crippen molar-refractivity contribution in [3.8, 4) is 11.1 Å². The molecule has 3 nitrogen and oxygen atoms in total. The Morgan fingerprint density at radius 3 is 2.05 bits per heavy atom. The quantitative estimate of drug-likeness (QED) is 0.854. The molecule has 2 heterocycles. The average molecular weight is 267 g/mol. The Hall–Kier alpha value is -1.98. The van der Waals surface area contributed by atoms with Gasteiger partial charge in [0.2, 0.25) is 0 Å². The Morgan fingerprint density at radius 2 is 1.58 bits per heavy atom. The maximum absolute atomic E-state index is 12.4. The Labute approximate surface area is 108 Å². The lowest BCUT2D eigenvalue weighted by Gasteiger charge is -2.06. The zero-order valence-corrected chi connectivity index (χ0v) is 10.3. The van der Waals surface area contributed by atoms with Crippen molar-refractivity contribution < 1.29 is 13.2 Å². The molecule has 19 heavy (non-hydrogen) atoms. The van der Waals surface area contributed by atoms with E-state index in [1.54, 1.807) is 12.4 Å². The van der Waals surface area contributed by atoms with Crippen LogP contribution in [0.3, 0.4) is 0 Å². The summed E-state index contributed by atoms with van der Waals surface area (Å²) in [6.45, 7) is 2.02. The van der Waals surface area contributed by atoms with Crippen LogP contribution < -0.4 is 0 Å². The van der Waals surface area contributed by atoms with E-state index >= 15 is 0 Å². The van der Waals surface area contributed by atoms with Crippen LogP contribution >= 0.6 is 0 Å². The molecule has 2 aromatic heterocycles. The van der Waals surface area contributed by atoms with Gasteiger partial charge in [0.15, 0.2) is 0 Å². The Kier molecular flexibility index (Phi) is 3.78. The van der Waals surface area contributed by atoms with Crippen LogP contribution in [-0.4, -0.2) is 15.0 Å². The molecule has 0 N–H and O–H groups in total. The first kappa shape index (κ1) is 13.5. The van der Waals surface area contributed by atoms with E-state index in [0.717, 1.165) is 24.7 Å². The summed E-state index contributed by atoms with van der Waals surface area (Å²) >= 11 is 0. The highest BCUT2D eigenvalue weighted by Gasteiger charge is 2.32. The molecular formula is C13H12F3N3. The van der Waals surface area contributed by atoms with Crippen LogP contribution in [-0.2, 0) is 12.6 Å². The third kappa shape index (κ3) is 3.27. The molecule has 0 fully saturated rings. The van der Waals surface area contributed by atoms with E-state index in [1.807, 2.05) is 6.92 Å². The topological polar surface area (TPSA) is 38.7 Å². The third-order valence-corrected chi connectivity index (χ3v) is 2.57. The van der Waals surface area contributed by atoms with E-state index in [1.165, 1.54) is 12.3 Å². The summed E-state index contributed by atoms with van der Waals surface area (Å²) in [5.74, 6) is 0.728. The summed E-state index contributed by atoms with van der Waals surface area (Å²) in [4.78, 5) is 11.7. The van der Waals surface area contributed by atoms with E-state index < -0.39 is 11.9 Å². The van der Waals surface area contributed by atoms with Crippen LogP contribution in [0, 0.1) is 0 Å². The van der Waals surface area contributed by atoms with Crippen molar-refractivity contribution in [2.45, 2.75) is 25.9 Å². The summed E-state index contributed by atoms with van der Waals surface area (Å²) < 4.78 is 37.1. The highest BCUT2D eigenvalue weighted by atomic mass is 19.4. The summed E-state index contributed by atoms with van der Waals surface area (Å²) in [6, 6.07) is 2.32. The highest BCUT2D eigenvalue weighted by Crippen LogP contribution is 2.28. The monoisotopic (exact) mass is 267 g/mol. The van der Waals surface area contributed by atoms with Crippen molar-refractivity contribution in [1.82, 2.24) is 15.0 Å². The first-order valence-corrected chi connectivity index (χ1v) is 5.85. The Balaban J connectivity index is 2.22. The molecule has 0 aliphatic rings. The van der Waals surface area contributed by atoms with Crippen molar-refractivity contribution in [2.24, 2.45) is 0 Å². The molecule has 0 atom stereocenters. The molecule has 6 heteroatoms. The van der Waals surface area contributed by atoms with Crippen molar-refractivity contribution in [3.63, 3.8) is 0 Å². The molecule has 0 radical (unpaired) electrons. The maximum Gasteiger partial charge on any atom is 0.433 e. The van der Waals surface area contributed by atoms with Gasteiger partial charge in [-0.15, -0.1) is 0 Å². The number of rotatable bonds is 3. The summed E-state index contributed by atoms with van der Waals surface area (Å²) in [7, 11) is 0. The predicted molar refractivity (Wildman–Crippen MR) is 64.3 cm³/mol. The number of hydrogen-bond donors (Lipinski definition) is 0. The molecule has 0 aromatic carbocycles. The summed E-state index contributed by atoms with van der Waals surface area (Å²) in [5, 5.41) is 0. The molecule has 0 saturated carbocycles. The van der Waals surface area contributed by atoms with Gasteiger partial charge in [-0.05, 0) is 12.5 Å². The average Bonchev–Trinajstić information content (AvgIpc) is 2.39. The van der Waals surface area contributed by atoms with Gasteiger partial charge in [0.1, 0.15) is 11.5 Å². The lowest BCUT2D eigenvalue weighted by Crippen LogP contribution is -2.07. The van der Waals surface area contributed by atoms with Crippen molar-refractivity contribution in [1.29, 1.82) is 0 Å².